The minimum atomic E-state index is -0.0145. The summed E-state index contributed by atoms with van der Waals surface area (Å²) in [4.78, 5) is 15.6. The number of hydrogen-bond donors (Lipinski definition) is 0. The molecule has 0 bridgehead atoms. The van der Waals surface area contributed by atoms with Crippen molar-refractivity contribution in [3.63, 3.8) is 0 Å². The molecule has 0 radical (unpaired) electrons. The van der Waals surface area contributed by atoms with Gasteiger partial charge in [-0.25, -0.2) is 4.98 Å². The molecule has 0 N–H and O–H groups in total. The highest BCUT2D eigenvalue weighted by atomic mass is 16.1. The van der Waals surface area contributed by atoms with Crippen LogP contribution in [0.5, 0.6) is 0 Å². The van der Waals surface area contributed by atoms with Gasteiger partial charge in [0.15, 0.2) is 0 Å². The molecule has 0 amide bonds. The zero-order valence-electron chi connectivity index (χ0n) is 10.4. The summed E-state index contributed by atoms with van der Waals surface area (Å²) < 4.78 is 1.63. The lowest BCUT2D eigenvalue weighted by atomic mass is 10.00. The molecular weight excluding hydrogens is 212 g/mol. The number of benzene rings is 1. The number of rotatable bonds is 2. The second-order valence-corrected chi connectivity index (χ2v) is 4.42. The van der Waals surface area contributed by atoms with E-state index in [9.17, 15) is 4.79 Å². The van der Waals surface area contributed by atoms with Crippen LogP contribution < -0.4 is 5.56 Å². The van der Waals surface area contributed by atoms with E-state index < -0.39 is 0 Å². The number of aromatic nitrogens is 2. The predicted molar refractivity (Wildman–Crippen MR) is 68.3 cm³/mol. The third-order valence-electron chi connectivity index (χ3n) is 2.96. The van der Waals surface area contributed by atoms with Gasteiger partial charge in [-0.15, -0.1) is 0 Å². The van der Waals surface area contributed by atoms with Gasteiger partial charge in [-0.1, -0.05) is 17.7 Å². The molecule has 0 saturated carbocycles. The zero-order valence-corrected chi connectivity index (χ0v) is 10.4. The summed E-state index contributed by atoms with van der Waals surface area (Å²) in [6.07, 6.45) is 3.11. The highest BCUT2D eigenvalue weighted by Crippen LogP contribution is 2.16. The second-order valence-electron chi connectivity index (χ2n) is 4.42. The Labute approximate surface area is 101 Å². The Bertz CT molecular complexity index is 576. The van der Waals surface area contributed by atoms with Crippen LogP contribution in [0.15, 0.2) is 35.5 Å². The molecule has 3 heteroatoms. The van der Waals surface area contributed by atoms with E-state index in [1.165, 1.54) is 34.5 Å². The summed E-state index contributed by atoms with van der Waals surface area (Å²) in [5.74, 6) is 0. The van der Waals surface area contributed by atoms with Gasteiger partial charge in [-0.2, -0.15) is 0 Å². The van der Waals surface area contributed by atoms with Crippen LogP contribution in [0.3, 0.4) is 0 Å². The quantitative estimate of drug-likeness (QED) is 0.790. The lowest BCUT2D eigenvalue weighted by Gasteiger charge is -2.12. The van der Waals surface area contributed by atoms with E-state index in [2.05, 4.69) is 37.9 Å². The van der Waals surface area contributed by atoms with E-state index in [-0.39, 0.29) is 5.56 Å². The minimum absolute atomic E-state index is 0.0145. The third kappa shape index (κ3) is 2.44. The van der Waals surface area contributed by atoms with Crippen molar-refractivity contribution in [2.75, 3.05) is 0 Å². The van der Waals surface area contributed by atoms with Gasteiger partial charge in [-0.05, 0) is 37.5 Å². The Balaban J connectivity index is 2.44. The predicted octanol–water partition coefficient (Wildman–Crippen LogP) is 2.22. The molecule has 0 spiro atoms. The summed E-state index contributed by atoms with van der Waals surface area (Å²) in [6.45, 7) is 6.83. The fourth-order valence-electron chi connectivity index (χ4n) is 2.13. The van der Waals surface area contributed by atoms with Gasteiger partial charge in [0.05, 0.1) is 12.9 Å². The number of hydrogen-bond acceptors (Lipinski definition) is 2. The van der Waals surface area contributed by atoms with Crippen LogP contribution in [-0.4, -0.2) is 9.55 Å². The molecule has 1 aromatic heterocycles. The summed E-state index contributed by atoms with van der Waals surface area (Å²) in [5.41, 5.74) is 4.88. The molecule has 0 aliphatic rings. The van der Waals surface area contributed by atoms with Gasteiger partial charge < -0.3 is 0 Å². The summed E-state index contributed by atoms with van der Waals surface area (Å²) >= 11 is 0. The SMILES string of the molecule is Cc1cc(C)c(Cn2cnccc2=O)c(C)c1. The van der Waals surface area contributed by atoms with Crippen molar-refractivity contribution in [3.05, 3.63) is 63.3 Å². The van der Waals surface area contributed by atoms with Gasteiger partial charge >= 0.3 is 0 Å². The Hall–Kier alpha value is -1.90. The summed E-state index contributed by atoms with van der Waals surface area (Å²) in [6, 6.07) is 5.77. The van der Waals surface area contributed by atoms with Crippen LogP contribution in [0.2, 0.25) is 0 Å². The lowest BCUT2D eigenvalue weighted by Crippen LogP contribution is -2.20. The van der Waals surface area contributed by atoms with Crippen LogP contribution in [0, 0.1) is 20.8 Å². The van der Waals surface area contributed by atoms with Gasteiger partial charge in [0.2, 0.25) is 0 Å². The van der Waals surface area contributed by atoms with Crippen molar-refractivity contribution in [2.45, 2.75) is 27.3 Å². The number of aryl methyl sites for hydroxylation is 3. The van der Waals surface area contributed by atoms with Gasteiger partial charge in [0.25, 0.3) is 5.56 Å². The smallest absolute Gasteiger partial charge is 0.253 e. The molecule has 0 fully saturated rings. The first-order valence-corrected chi connectivity index (χ1v) is 5.65. The summed E-state index contributed by atoms with van der Waals surface area (Å²) in [5, 5.41) is 0. The number of nitrogens with zero attached hydrogens (tertiary/aromatic N) is 2. The van der Waals surface area contributed by atoms with Crippen LogP contribution in [0.4, 0.5) is 0 Å². The van der Waals surface area contributed by atoms with E-state index >= 15 is 0 Å². The normalized spacial score (nSPS) is 10.5. The average molecular weight is 228 g/mol. The van der Waals surface area contributed by atoms with Gasteiger partial charge in [0, 0.05) is 12.3 Å². The van der Waals surface area contributed by atoms with Crippen molar-refractivity contribution in [1.82, 2.24) is 9.55 Å². The van der Waals surface area contributed by atoms with Crippen molar-refractivity contribution in [2.24, 2.45) is 0 Å². The van der Waals surface area contributed by atoms with Crippen LogP contribution in [0.25, 0.3) is 0 Å². The Kier molecular flexibility index (Phi) is 3.09. The Morgan fingerprint density at radius 3 is 2.41 bits per heavy atom. The molecule has 1 heterocycles. The second kappa shape index (κ2) is 4.53. The Morgan fingerprint density at radius 2 is 1.82 bits per heavy atom. The lowest BCUT2D eigenvalue weighted by molar-refractivity contribution is 0.728. The maximum absolute atomic E-state index is 11.6. The van der Waals surface area contributed by atoms with Gasteiger partial charge in [0.1, 0.15) is 0 Å². The maximum atomic E-state index is 11.6. The van der Waals surface area contributed by atoms with E-state index in [1.54, 1.807) is 10.9 Å². The maximum Gasteiger partial charge on any atom is 0.253 e. The molecular formula is C14H16N2O. The standard InChI is InChI=1S/C14H16N2O/c1-10-6-11(2)13(12(3)7-10)8-16-9-15-5-4-14(16)17/h4-7,9H,8H2,1-3H3. The molecule has 3 nitrogen and oxygen atoms in total. The van der Waals surface area contributed by atoms with Crippen LogP contribution >= 0.6 is 0 Å². The molecule has 0 aliphatic carbocycles. The van der Waals surface area contributed by atoms with Crippen molar-refractivity contribution in [1.29, 1.82) is 0 Å². The minimum Gasteiger partial charge on any atom is -0.295 e. The fraction of sp³-hybridized carbons (Fsp3) is 0.286. The molecule has 1 aromatic carbocycles. The Morgan fingerprint density at radius 1 is 1.18 bits per heavy atom. The molecule has 2 rings (SSSR count). The molecule has 0 unspecified atom stereocenters. The topological polar surface area (TPSA) is 34.9 Å². The van der Waals surface area contributed by atoms with Crippen molar-refractivity contribution < 1.29 is 0 Å². The molecule has 0 aliphatic heterocycles. The molecule has 17 heavy (non-hydrogen) atoms. The third-order valence-corrected chi connectivity index (χ3v) is 2.96. The van der Waals surface area contributed by atoms with E-state index in [4.69, 9.17) is 0 Å². The molecule has 2 aromatic rings. The van der Waals surface area contributed by atoms with E-state index in [0.29, 0.717) is 6.54 Å². The van der Waals surface area contributed by atoms with Crippen LogP contribution in [-0.2, 0) is 6.54 Å². The van der Waals surface area contributed by atoms with E-state index in [0.717, 1.165) is 0 Å². The first-order valence-electron chi connectivity index (χ1n) is 5.65. The zero-order chi connectivity index (χ0) is 12.4. The van der Waals surface area contributed by atoms with Crippen LogP contribution in [0.1, 0.15) is 22.3 Å². The molecule has 0 saturated heterocycles. The largest absolute Gasteiger partial charge is 0.295 e. The van der Waals surface area contributed by atoms with Crippen molar-refractivity contribution >= 4 is 0 Å². The highest BCUT2D eigenvalue weighted by Gasteiger charge is 2.05. The molecule has 88 valence electrons. The summed E-state index contributed by atoms with van der Waals surface area (Å²) in [7, 11) is 0. The monoisotopic (exact) mass is 228 g/mol. The molecule has 0 atom stereocenters. The average Bonchev–Trinajstić information content (AvgIpc) is 2.25. The first-order chi connectivity index (χ1) is 8.08. The fourth-order valence-corrected chi connectivity index (χ4v) is 2.13. The first kappa shape index (κ1) is 11.6. The highest BCUT2D eigenvalue weighted by molar-refractivity contribution is 5.37. The van der Waals surface area contributed by atoms with E-state index in [1.807, 2.05) is 0 Å². The van der Waals surface area contributed by atoms with Crippen molar-refractivity contribution in [3.8, 4) is 0 Å². The van der Waals surface area contributed by atoms with Gasteiger partial charge in [-0.3, -0.25) is 9.36 Å².